The van der Waals surface area contributed by atoms with Crippen LogP contribution in [0.4, 0.5) is 4.79 Å². The quantitative estimate of drug-likeness (QED) is 0.523. The normalized spacial score (nSPS) is 16.4. The van der Waals surface area contributed by atoms with Gasteiger partial charge in [0.25, 0.3) is 0 Å². The van der Waals surface area contributed by atoms with Crippen molar-refractivity contribution >= 4 is 24.0 Å². The fourth-order valence-corrected chi connectivity index (χ4v) is 2.65. The van der Waals surface area contributed by atoms with E-state index in [4.69, 9.17) is 14.2 Å². The average molecular weight is 388 g/mol. The number of carbonyl (C=O) groups excluding carboxylic acids is 3. The Morgan fingerprint density at radius 3 is 2.46 bits per heavy atom. The van der Waals surface area contributed by atoms with Crippen LogP contribution in [-0.4, -0.2) is 44.3 Å². The largest absolute Gasteiger partial charge is 0.497 e. The molecule has 1 aromatic carbocycles. The summed E-state index contributed by atoms with van der Waals surface area (Å²) < 4.78 is 15.3. The third kappa shape index (κ3) is 5.60. The molecule has 2 amide bonds. The molecule has 1 aromatic rings. The minimum Gasteiger partial charge on any atom is -0.497 e. The second-order valence-electron chi connectivity index (χ2n) is 5.89. The van der Waals surface area contributed by atoms with E-state index in [0.29, 0.717) is 12.2 Å². The molecule has 150 valence electrons. The van der Waals surface area contributed by atoms with E-state index in [1.54, 1.807) is 44.4 Å². The second-order valence-corrected chi connectivity index (χ2v) is 5.89. The topological polar surface area (TPSA) is 103 Å². The molecule has 0 saturated heterocycles. The molecule has 0 radical (unpaired) electrons. The number of esters is 2. The zero-order valence-corrected chi connectivity index (χ0v) is 16.1. The van der Waals surface area contributed by atoms with Gasteiger partial charge >= 0.3 is 18.0 Å². The maximum Gasteiger partial charge on any atom is 0.338 e. The Morgan fingerprint density at radius 2 is 1.86 bits per heavy atom. The monoisotopic (exact) mass is 388 g/mol. The lowest BCUT2D eigenvalue weighted by Gasteiger charge is -2.28. The van der Waals surface area contributed by atoms with Crippen LogP contribution in [0.3, 0.4) is 0 Å². The number of rotatable bonds is 8. The van der Waals surface area contributed by atoms with Crippen molar-refractivity contribution in [3.63, 3.8) is 0 Å². The number of ether oxygens (including phenoxy) is 3. The molecular weight excluding hydrogens is 364 g/mol. The standard InChI is InChI=1S/C20H24N2O6/c1-4-15-18(19(24)27-5-2)16(22-20(25)21-15)12-28-17(23)11-8-13-6-9-14(26-3)10-7-13/h6-11,15H,4-5,12H2,1-3H3,(H2,21,22,25)/b11-8+/t15-/m0/s1. The van der Waals surface area contributed by atoms with Gasteiger partial charge in [-0.2, -0.15) is 0 Å². The smallest absolute Gasteiger partial charge is 0.338 e. The summed E-state index contributed by atoms with van der Waals surface area (Å²) in [6.07, 6.45) is 3.36. The van der Waals surface area contributed by atoms with Crippen LogP contribution >= 0.6 is 0 Å². The maximum atomic E-state index is 12.3. The molecule has 2 N–H and O–H groups in total. The van der Waals surface area contributed by atoms with Gasteiger partial charge < -0.3 is 24.8 Å². The summed E-state index contributed by atoms with van der Waals surface area (Å²) in [4.78, 5) is 36.1. The van der Waals surface area contributed by atoms with Gasteiger partial charge in [0.1, 0.15) is 12.4 Å². The van der Waals surface area contributed by atoms with Gasteiger partial charge in [-0.15, -0.1) is 0 Å². The van der Waals surface area contributed by atoms with Gasteiger partial charge in [-0.3, -0.25) is 0 Å². The molecule has 8 nitrogen and oxygen atoms in total. The SMILES string of the molecule is CCOC(=O)C1=C(COC(=O)/C=C/c2ccc(OC)cc2)NC(=O)N[C@H]1CC. The number of benzene rings is 1. The van der Waals surface area contributed by atoms with E-state index in [1.165, 1.54) is 6.08 Å². The van der Waals surface area contributed by atoms with Crippen LogP contribution in [-0.2, 0) is 19.1 Å². The van der Waals surface area contributed by atoms with E-state index in [0.717, 1.165) is 5.56 Å². The summed E-state index contributed by atoms with van der Waals surface area (Å²) in [5.41, 5.74) is 1.28. The highest BCUT2D eigenvalue weighted by molar-refractivity contribution is 5.95. The first kappa shape index (κ1) is 21.0. The molecule has 2 rings (SSSR count). The predicted molar refractivity (Wildman–Crippen MR) is 102 cm³/mol. The fraction of sp³-hybridized carbons (Fsp3) is 0.350. The molecule has 0 saturated carbocycles. The molecule has 1 aliphatic rings. The minimum atomic E-state index is -0.604. The van der Waals surface area contributed by atoms with Crippen LogP contribution in [0.25, 0.3) is 6.08 Å². The average Bonchev–Trinajstić information content (AvgIpc) is 2.70. The summed E-state index contributed by atoms with van der Waals surface area (Å²) >= 11 is 0. The van der Waals surface area contributed by atoms with E-state index in [2.05, 4.69) is 10.6 Å². The van der Waals surface area contributed by atoms with Gasteiger partial charge in [0.05, 0.1) is 31.0 Å². The van der Waals surface area contributed by atoms with Crippen LogP contribution in [0.2, 0.25) is 0 Å². The maximum absolute atomic E-state index is 12.3. The molecule has 1 atom stereocenters. The van der Waals surface area contributed by atoms with E-state index in [9.17, 15) is 14.4 Å². The highest BCUT2D eigenvalue weighted by Gasteiger charge is 2.31. The number of carbonyl (C=O) groups is 3. The lowest BCUT2D eigenvalue weighted by atomic mass is 10.0. The second kappa shape index (κ2) is 10.1. The van der Waals surface area contributed by atoms with Crippen LogP contribution < -0.4 is 15.4 Å². The van der Waals surface area contributed by atoms with Crippen molar-refractivity contribution in [1.82, 2.24) is 10.6 Å². The highest BCUT2D eigenvalue weighted by Crippen LogP contribution is 2.17. The molecule has 0 bridgehead atoms. The van der Waals surface area contributed by atoms with Gasteiger partial charge in [-0.25, -0.2) is 14.4 Å². The van der Waals surface area contributed by atoms with Gasteiger partial charge in [-0.1, -0.05) is 19.1 Å². The van der Waals surface area contributed by atoms with Crippen LogP contribution in [0.5, 0.6) is 5.75 Å². The predicted octanol–water partition coefficient (Wildman–Crippen LogP) is 2.16. The molecule has 28 heavy (non-hydrogen) atoms. The first-order chi connectivity index (χ1) is 13.5. The minimum absolute atomic E-state index is 0.199. The summed E-state index contributed by atoms with van der Waals surface area (Å²) in [6.45, 7) is 3.48. The molecule has 1 heterocycles. The first-order valence-electron chi connectivity index (χ1n) is 8.95. The molecule has 8 heteroatoms. The first-order valence-corrected chi connectivity index (χ1v) is 8.95. The summed E-state index contributed by atoms with van der Waals surface area (Å²) in [5.74, 6) is -0.445. The summed E-state index contributed by atoms with van der Waals surface area (Å²) in [5, 5.41) is 5.18. The Bertz CT molecular complexity index is 782. The number of nitrogens with one attached hydrogen (secondary N) is 2. The summed E-state index contributed by atoms with van der Waals surface area (Å²) in [6, 6.07) is 6.18. The Labute approximate surface area is 163 Å². The molecule has 0 aliphatic carbocycles. The zero-order valence-electron chi connectivity index (χ0n) is 16.1. The van der Waals surface area contributed by atoms with E-state index < -0.39 is 24.0 Å². The Balaban J connectivity index is 2.07. The molecule has 1 aliphatic heterocycles. The number of hydrogen-bond donors (Lipinski definition) is 2. The zero-order chi connectivity index (χ0) is 20.5. The number of hydrogen-bond acceptors (Lipinski definition) is 6. The number of methoxy groups -OCH3 is 1. The van der Waals surface area contributed by atoms with Crippen molar-refractivity contribution < 1.29 is 28.6 Å². The van der Waals surface area contributed by atoms with Gasteiger partial charge in [-0.05, 0) is 37.1 Å². The molecular formula is C20H24N2O6. The molecule has 0 fully saturated rings. The van der Waals surface area contributed by atoms with Crippen molar-refractivity contribution in [2.24, 2.45) is 0 Å². The van der Waals surface area contributed by atoms with Crippen molar-refractivity contribution in [3.8, 4) is 5.75 Å². The van der Waals surface area contributed by atoms with Crippen molar-refractivity contribution in [3.05, 3.63) is 47.2 Å². The molecule has 0 unspecified atom stereocenters. The Hall–Kier alpha value is -3.29. The molecule has 0 spiro atoms. The number of amides is 2. The fourth-order valence-electron chi connectivity index (χ4n) is 2.65. The third-order valence-corrected chi connectivity index (χ3v) is 4.03. The van der Waals surface area contributed by atoms with Crippen LogP contribution in [0.1, 0.15) is 25.8 Å². The van der Waals surface area contributed by atoms with Gasteiger partial charge in [0, 0.05) is 6.08 Å². The lowest BCUT2D eigenvalue weighted by molar-refractivity contribution is -0.140. The van der Waals surface area contributed by atoms with E-state index in [-0.39, 0.29) is 24.5 Å². The highest BCUT2D eigenvalue weighted by atomic mass is 16.5. The summed E-state index contributed by atoms with van der Waals surface area (Å²) in [7, 11) is 1.57. The van der Waals surface area contributed by atoms with Gasteiger partial charge in [0.2, 0.25) is 0 Å². The van der Waals surface area contributed by atoms with Crippen LogP contribution in [0.15, 0.2) is 41.6 Å². The Morgan fingerprint density at radius 1 is 1.14 bits per heavy atom. The van der Waals surface area contributed by atoms with Gasteiger partial charge in [0.15, 0.2) is 0 Å². The van der Waals surface area contributed by atoms with Crippen LogP contribution in [0, 0.1) is 0 Å². The lowest BCUT2D eigenvalue weighted by Crippen LogP contribution is -2.51. The van der Waals surface area contributed by atoms with E-state index in [1.807, 2.05) is 6.92 Å². The van der Waals surface area contributed by atoms with Crippen molar-refractivity contribution in [2.75, 3.05) is 20.3 Å². The van der Waals surface area contributed by atoms with Crippen molar-refractivity contribution in [1.29, 1.82) is 0 Å². The third-order valence-electron chi connectivity index (χ3n) is 4.03. The molecule has 0 aromatic heterocycles. The van der Waals surface area contributed by atoms with Crippen molar-refractivity contribution in [2.45, 2.75) is 26.3 Å². The Kier molecular flexibility index (Phi) is 7.62. The number of urea groups is 1. The van der Waals surface area contributed by atoms with E-state index >= 15 is 0 Å².